The number of β-amino-alcohol motifs (C(OH)–C–C–N with tert-alkyl or cyclic N) is 2. The molecule has 380 valence electrons. The SMILES string of the molecule is COc1ccc(C2CCN(CC(O)C3CCN(C(=O)Nc4ccc(C(F)(F)F)cc4Cl)CC3)CC2)cc1.COc1ccc(C2CCN(CC(O)C3CCN(C(=S)Nc4cccc(Cl)c4)CC3)CC2)cc1. The van der Waals surface area contributed by atoms with Gasteiger partial charge >= 0.3 is 12.2 Å². The van der Waals surface area contributed by atoms with Crippen molar-refractivity contribution in [1.29, 1.82) is 0 Å². The van der Waals surface area contributed by atoms with E-state index in [1.165, 1.54) is 11.1 Å². The predicted molar refractivity (Wildman–Crippen MR) is 277 cm³/mol. The molecule has 17 heteroatoms. The van der Waals surface area contributed by atoms with Gasteiger partial charge in [-0.15, -0.1) is 0 Å². The summed E-state index contributed by atoms with van der Waals surface area (Å²) in [5.41, 5.74) is 2.90. The lowest BCUT2D eigenvalue weighted by atomic mass is 9.88. The Bertz CT molecular complexity index is 2280. The number of hydrogen-bond donors (Lipinski definition) is 4. The standard InChI is InChI=1S/C27H33ClF3N3O3.C26H34ClN3O2S/c1-37-22-5-2-18(3-6-22)19-8-12-33(13-9-19)17-25(35)20-10-14-34(15-11-20)26(36)32-24-7-4-21(16-23(24)28)27(29,30)31;1-32-24-7-5-19(6-8-24)20-9-13-29(14-10-20)18-25(31)21-11-15-30(16-12-21)26(33)28-23-4-2-3-22(27)17-23/h2-7,16,19-20,25,35H,8-15,17H2,1H3,(H,32,36);2-8,17,20-21,25,31H,9-16,18H2,1H3,(H,28,33). The number of methoxy groups -OCH3 is 2. The third kappa shape index (κ3) is 15.1. The van der Waals surface area contributed by atoms with Crippen LogP contribution in [0.3, 0.4) is 0 Å². The van der Waals surface area contributed by atoms with Crippen molar-refractivity contribution in [1.82, 2.24) is 19.6 Å². The molecule has 4 heterocycles. The van der Waals surface area contributed by atoms with Crippen LogP contribution in [0.15, 0.2) is 91.0 Å². The quantitative estimate of drug-likeness (QED) is 0.102. The summed E-state index contributed by atoms with van der Waals surface area (Å²) < 4.78 is 49.0. The molecule has 70 heavy (non-hydrogen) atoms. The number of aliphatic hydroxyl groups is 2. The van der Waals surface area contributed by atoms with E-state index in [-0.39, 0.29) is 22.7 Å². The van der Waals surface area contributed by atoms with Gasteiger partial charge in [0.25, 0.3) is 0 Å². The molecule has 4 aromatic carbocycles. The van der Waals surface area contributed by atoms with Crippen molar-refractivity contribution in [3.63, 3.8) is 0 Å². The highest BCUT2D eigenvalue weighted by Crippen LogP contribution is 2.35. The van der Waals surface area contributed by atoms with Crippen molar-refractivity contribution >= 4 is 57.9 Å². The number of rotatable bonds is 12. The lowest BCUT2D eigenvalue weighted by molar-refractivity contribution is -0.137. The monoisotopic (exact) mass is 1030 g/mol. The Kier molecular flexibility index (Phi) is 19.4. The average Bonchev–Trinajstić information content (AvgIpc) is 3.37. The van der Waals surface area contributed by atoms with Gasteiger partial charge in [-0.3, -0.25) is 0 Å². The number of piperidine rings is 4. The molecule has 2 amide bonds. The van der Waals surface area contributed by atoms with Gasteiger partial charge in [0.15, 0.2) is 5.11 Å². The number of urea groups is 1. The number of halogens is 5. The third-order valence-corrected chi connectivity index (χ3v) is 15.5. The number of ether oxygens (including phenoxy) is 2. The number of carbonyl (C=O) groups excluding carboxylic acids is 1. The molecule has 8 rings (SSSR count). The third-order valence-electron chi connectivity index (χ3n) is 14.6. The highest BCUT2D eigenvalue weighted by molar-refractivity contribution is 7.80. The van der Waals surface area contributed by atoms with Crippen LogP contribution in [0.5, 0.6) is 11.5 Å². The van der Waals surface area contributed by atoms with Crippen LogP contribution in [-0.4, -0.2) is 133 Å². The number of hydrogen-bond acceptors (Lipinski definition) is 8. The summed E-state index contributed by atoms with van der Waals surface area (Å²) in [6, 6.07) is 26.8. The van der Waals surface area contributed by atoms with Crippen LogP contribution >= 0.6 is 35.4 Å². The number of likely N-dealkylation sites (tertiary alicyclic amines) is 4. The molecule has 0 aliphatic carbocycles. The highest BCUT2D eigenvalue weighted by Gasteiger charge is 2.33. The van der Waals surface area contributed by atoms with Crippen molar-refractivity contribution in [2.24, 2.45) is 11.8 Å². The maximum Gasteiger partial charge on any atom is 0.416 e. The van der Waals surface area contributed by atoms with Crippen LogP contribution in [0.2, 0.25) is 10.0 Å². The number of amides is 2. The smallest absolute Gasteiger partial charge is 0.416 e. The van der Waals surface area contributed by atoms with Gasteiger partial charge in [0, 0.05) is 50.0 Å². The molecule has 0 aromatic heterocycles. The molecule has 11 nitrogen and oxygen atoms in total. The van der Waals surface area contributed by atoms with Crippen molar-refractivity contribution < 1.29 is 37.7 Å². The Hall–Kier alpha value is -4.35. The van der Waals surface area contributed by atoms with Gasteiger partial charge in [0.1, 0.15) is 11.5 Å². The molecule has 4 N–H and O–H groups in total. The Balaban J connectivity index is 0.000000208. The Morgan fingerprint density at radius 1 is 0.657 bits per heavy atom. The van der Waals surface area contributed by atoms with Crippen molar-refractivity contribution in [2.45, 2.75) is 81.6 Å². The topological polar surface area (TPSA) is 113 Å². The lowest BCUT2D eigenvalue weighted by Gasteiger charge is -2.38. The summed E-state index contributed by atoms with van der Waals surface area (Å²) in [5.74, 6) is 3.30. The minimum Gasteiger partial charge on any atom is -0.497 e. The van der Waals surface area contributed by atoms with Gasteiger partial charge in [-0.2, -0.15) is 13.2 Å². The van der Waals surface area contributed by atoms with E-state index in [0.29, 0.717) is 55.3 Å². The van der Waals surface area contributed by atoms with E-state index >= 15 is 0 Å². The first-order valence-corrected chi connectivity index (χ1v) is 25.6. The van der Waals surface area contributed by atoms with Crippen molar-refractivity contribution in [3.05, 3.63) is 118 Å². The second-order valence-corrected chi connectivity index (χ2v) is 20.3. The molecule has 0 spiro atoms. The fourth-order valence-corrected chi connectivity index (χ4v) is 10.9. The fraction of sp³-hybridized carbons (Fsp3) is 0.509. The normalized spacial score (nSPS) is 19.2. The second-order valence-electron chi connectivity index (χ2n) is 19.0. The molecule has 0 bridgehead atoms. The first-order chi connectivity index (χ1) is 33.6. The van der Waals surface area contributed by atoms with E-state index in [0.717, 1.165) is 125 Å². The molecule has 0 radical (unpaired) electrons. The zero-order valence-electron chi connectivity index (χ0n) is 40.1. The van der Waals surface area contributed by atoms with E-state index in [9.17, 15) is 28.2 Å². The number of carbonyl (C=O) groups is 1. The van der Waals surface area contributed by atoms with Crippen LogP contribution in [0.1, 0.15) is 79.9 Å². The van der Waals surface area contributed by atoms with Gasteiger partial charge in [-0.05, 0) is 185 Å². The van der Waals surface area contributed by atoms with E-state index in [1.807, 2.05) is 48.5 Å². The molecule has 2 atom stereocenters. The zero-order valence-corrected chi connectivity index (χ0v) is 42.4. The highest BCUT2D eigenvalue weighted by atomic mass is 35.5. The summed E-state index contributed by atoms with van der Waals surface area (Å²) in [6.07, 6.45) is 2.38. The summed E-state index contributed by atoms with van der Waals surface area (Å²) in [4.78, 5) is 21.2. The van der Waals surface area contributed by atoms with Crippen LogP contribution in [0, 0.1) is 11.8 Å². The summed E-state index contributed by atoms with van der Waals surface area (Å²) in [5, 5.41) is 28.9. The maximum absolute atomic E-state index is 12.8. The van der Waals surface area contributed by atoms with Gasteiger partial charge in [-0.25, -0.2) is 4.79 Å². The molecule has 2 unspecified atom stereocenters. The van der Waals surface area contributed by atoms with Gasteiger partial charge in [0.2, 0.25) is 0 Å². The fourth-order valence-electron chi connectivity index (χ4n) is 10.2. The summed E-state index contributed by atoms with van der Waals surface area (Å²) in [7, 11) is 3.37. The van der Waals surface area contributed by atoms with Crippen molar-refractivity contribution in [2.75, 3.05) is 90.3 Å². The summed E-state index contributed by atoms with van der Waals surface area (Å²) >= 11 is 17.6. The minimum atomic E-state index is -4.50. The van der Waals surface area contributed by atoms with Crippen LogP contribution in [0.4, 0.5) is 29.3 Å². The van der Waals surface area contributed by atoms with E-state index in [4.69, 9.17) is 44.9 Å². The first kappa shape index (κ1) is 53.4. The molecular weight excluding hydrogens is 961 g/mol. The second kappa shape index (κ2) is 25.3. The van der Waals surface area contributed by atoms with Gasteiger partial charge < -0.3 is 49.9 Å². The number of alkyl halides is 3. The first-order valence-electron chi connectivity index (χ1n) is 24.5. The number of benzene rings is 4. The van der Waals surface area contributed by atoms with E-state index < -0.39 is 23.9 Å². The average molecular weight is 1030 g/mol. The van der Waals surface area contributed by atoms with E-state index in [2.05, 4.69) is 49.6 Å². The Labute approximate surface area is 426 Å². The molecule has 4 aliphatic rings. The van der Waals surface area contributed by atoms with Gasteiger partial charge in [-0.1, -0.05) is 53.5 Å². The Morgan fingerprint density at radius 2 is 1.13 bits per heavy atom. The number of aliphatic hydroxyl groups excluding tert-OH is 2. The predicted octanol–water partition coefficient (Wildman–Crippen LogP) is 10.8. The number of nitrogens with one attached hydrogen (secondary N) is 2. The molecule has 0 saturated carbocycles. The van der Waals surface area contributed by atoms with Crippen LogP contribution in [0.25, 0.3) is 0 Å². The maximum atomic E-state index is 12.8. The largest absolute Gasteiger partial charge is 0.497 e. The van der Waals surface area contributed by atoms with Crippen molar-refractivity contribution in [3.8, 4) is 11.5 Å². The molecule has 4 fully saturated rings. The number of thiocarbonyl (C=S) groups is 1. The number of anilines is 2. The molecule has 4 aliphatic heterocycles. The Morgan fingerprint density at radius 3 is 1.56 bits per heavy atom. The molecule has 4 saturated heterocycles. The zero-order chi connectivity index (χ0) is 49.8. The van der Waals surface area contributed by atoms with Crippen LogP contribution < -0.4 is 20.1 Å². The minimum absolute atomic E-state index is 0.0954. The summed E-state index contributed by atoms with van der Waals surface area (Å²) in [6.45, 7) is 8.00. The number of nitrogens with zero attached hydrogens (tertiary/aromatic N) is 4. The molecular formula is C53H67Cl2F3N6O5S. The van der Waals surface area contributed by atoms with Gasteiger partial charge in [0.05, 0.1) is 42.7 Å². The molecule has 4 aromatic rings. The lowest BCUT2D eigenvalue weighted by Crippen LogP contribution is -2.46. The van der Waals surface area contributed by atoms with Crippen LogP contribution in [-0.2, 0) is 6.18 Å². The van der Waals surface area contributed by atoms with E-state index in [1.54, 1.807) is 19.1 Å².